The number of benzene rings is 9. The Morgan fingerprint density at radius 3 is 1.70 bits per heavy atom. The van der Waals surface area contributed by atoms with E-state index in [1.807, 2.05) is 0 Å². The molecule has 0 bridgehead atoms. The SMILES string of the molecule is CC1(C)COC(c2ccc(CCCc3ccc(-n4c5ccccc5c5cc(-c6ccc(N(c7ccc(-c8ccccc8)cc7)c7ccc8c(c7)C(C)(C)c7ccccc7-8)cc6)ccc54)cc3)cc2)OC1. The van der Waals surface area contributed by atoms with Crippen molar-refractivity contribution in [3.8, 4) is 39.1 Å². The van der Waals surface area contributed by atoms with Gasteiger partial charge in [0.15, 0.2) is 6.29 Å². The van der Waals surface area contributed by atoms with Crippen LogP contribution >= 0.6 is 0 Å². The van der Waals surface area contributed by atoms with E-state index in [1.54, 1.807) is 0 Å². The van der Waals surface area contributed by atoms with Crippen LogP contribution in [0.4, 0.5) is 17.1 Å². The van der Waals surface area contributed by atoms with Gasteiger partial charge in [-0.25, -0.2) is 0 Å². The molecule has 1 fully saturated rings. The minimum absolute atomic E-state index is 0.0678. The summed E-state index contributed by atoms with van der Waals surface area (Å²) in [5.74, 6) is 0. The first kappa shape index (κ1) is 43.8. The van der Waals surface area contributed by atoms with Crippen LogP contribution in [0.1, 0.15) is 68.2 Å². The number of anilines is 3. The molecule has 0 atom stereocenters. The van der Waals surface area contributed by atoms with Crippen molar-refractivity contribution in [3.05, 3.63) is 240 Å². The molecule has 2 heterocycles. The summed E-state index contributed by atoms with van der Waals surface area (Å²) < 4.78 is 14.4. The maximum absolute atomic E-state index is 6.00. The fraction of sp³-hybridized carbons (Fsp3) is 0.182. The van der Waals surface area contributed by atoms with E-state index < -0.39 is 0 Å². The Labute approximate surface area is 412 Å². The highest BCUT2D eigenvalue weighted by Crippen LogP contribution is 2.51. The number of aryl methyl sites for hydroxylation is 2. The third-order valence-corrected chi connectivity index (χ3v) is 14.8. The van der Waals surface area contributed by atoms with Crippen molar-refractivity contribution in [2.24, 2.45) is 5.41 Å². The van der Waals surface area contributed by atoms with Gasteiger partial charge in [-0.1, -0.05) is 173 Å². The normalized spacial score (nSPS) is 15.0. The predicted octanol–water partition coefficient (Wildman–Crippen LogP) is 17.1. The number of para-hydroxylation sites is 1. The minimum Gasteiger partial charge on any atom is -0.348 e. The fourth-order valence-corrected chi connectivity index (χ4v) is 11.0. The Morgan fingerprint density at radius 2 is 1.00 bits per heavy atom. The summed E-state index contributed by atoms with van der Waals surface area (Å²) in [4.78, 5) is 2.41. The molecule has 4 nitrogen and oxygen atoms in total. The van der Waals surface area contributed by atoms with Crippen molar-refractivity contribution >= 4 is 38.9 Å². The number of nitrogens with zero attached hydrogens (tertiary/aromatic N) is 2. The lowest BCUT2D eigenvalue weighted by Gasteiger charge is -2.34. The molecular weight excluding hydrogens is 853 g/mol. The second-order valence-electron chi connectivity index (χ2n) is 20.7. The zero-order chi connectivity index (χ0) is 47.4. The second kappa shape index (κ2) is 17.8. The predicted molar refractivity (Wildman–Crippen MR) is 291 cm³/mol. The van der Waals surface area contributed by atoms with E-state index in [0.29, 0.717) is 13.2 Å². The zero-order valence-electron chi connectivity index (χ0n) is 40.5. The van der Waals surface area contributed by atoms with E-state index in [0.717, 1.165) is 41.9 Å². The smallest absolute Gasteiger partial charge is 0.183 e. The van der Waals surface area contributed by atoms with Crippen molar-refractivity contribution in [1.82, 2.24) is 4.57 Å². The number of fused-ring (bicyclic) bond motifs is 6. The number of aromatic nitrogens is 1. The lowest BCUT2D eigenvalue weighted by Crippen LogP contribution is -2.33. The van der Waals surface area contributed by atoms with Gasteiger partial charge in [0.25, 0.3) is 0 Å². The molecule has 0 saturated carbocycles. The molecule has 1 aliphatic heterocycles. The van der Waals surface area contributed by atoms with Crippen LogP contribution in [0.25, 0.3) is 60.9 Å². The number of rotatable bonds is 11. The molecule has 70 heavy (non-hydrogen) atoms. The van der Waals surface area contributed by atoms with Crippen molar-refractivity contribution in [1.29, 1.82) is 0 Å². The van der Waals surface area contributed by atoms with Crippen molar-refractivity contribution in [2.45, 2.75) is 58.7 Å². The van der Waals surface area contributed by atoms with E-state index in [9.17, 15) is 0 Å². The van der Waals surface area contributed by atoms with Gasteiger partial charge in [0, 0.05) is 49.9 Å². The quantitative estimate of drug-likeness (QED) is 0.129. The monoisotopic (exact) mass is 910 g/mol. The summed E-state index contributed by atoms with van der Waals surface area (Å²) in [6.45, 7) is 10.5. The van der Waals surface area contributed by atoms with E-state index in [4.69, 9.17) is 9.47 Å². The number of ether oxygens (including phenoxy) is 2. The second-order valence-corrected chi connectivity index (χ2v) is 20.7. The zero-order valence-corrected chi connectivity index (χ0v) is 40.5. The van der Waals surface area contributed by atoms with Gasteiger partial charge in [0.1, 0.15) is 0 Å². The molecule has 1 aliphatic carbocycles. The third-order valence-electron chi connectivity index (χ3n) is 14.8. The first-order valence-corrected chi connectivity index (χ1v) is 24.9. The van der Waals surface area contributed by atoms with Crippen LogP contribution < -0.4 is 4.90 Å². The highest BCUT2D eigenvalue weighted by atomic mass is 16.7. The van der Waals surface area contributed by atoms with Gasteiger partial charge in [-0.15, -0.1) is 0 Å². The molecule has 12 rings (SSSR count). The third kappa shape index (κ3) is 8.11. The molecule has 0 unspecified atom stereocenters. The van der Waals surface area contributed by atoms with Gasteiger partial charge in [-0.05, 0) is 142 Å². The molecule has 0 N–H and O–H groups in total. The average molecular weight is 911 g/mol. The molecule has 344 valence electrons. The van der Waals surface area contributed by atoms with Gasteiger partial charge < -0.3 is 18.9 Å². The Kier molecular flexibility index (Phi) is 11.1. The molecule has 9 aromatic carbocycles. The fourth-order valence-electron chi connectivity index (χ4n) is 11.0. The molecule has 0 spiro atoms. The molecule has 10 aromatic rings. The highest BCUT2D eigenvalue weighted by Gasteiger charge is 2.36. The summed E-state index contributed by atoms with van der Waals surface area (Å²) in [6, 6.07) is 78.4. The van der Waals surface area contributed by atoms with Crippen molar-refractivity contribution < 1.29 is 9.47 Å². The van der Waals surface area contributed by atoms with Crippen molar-refractivity contribution in [3.63, 3.8) is 0 Å². The summed E-state index contributed by atoms with van der Waals surface area (Å²) in [5.41, 5.74) is 20.9. The van der Waals surface area contributed by atoms with Crippen LogP contribution in [0.5, 0.6) is 0 Å². The molecule has 2 aliphatic rings. The summed E-state index contributed by atoms with van der Waals surface area (Å²) in [7, 11) is 0. The molecular formula is C66H58N2O2. The minimum atomic E-state index is -0.266. The lowest BCUT2D eigenvalue weighted by molar-refractivity contribution is -0.226. The number of hydrogen-bond acceptors (Lipinski definition) is 3. The lowest BCUT2D eigenvalue weighted by atomic mass is 9.82. The highest BCUT2D eigenvalue weighted by molar-refractivity contribution is 6.10. The molecule has 1 aromatic heterocycles. The van der Waals surface area contributed by atoms with Crippen molar-refractivity contribution in [2.75, 3.05) is 18.1 Å². The maximum atomic E-state index is 6.00. The summed E-state index contributed by atoms with van der Waals surface area (Å²) >= 11 is 0. The van der Waals surface area contributed by atoms with E-state index in [-0.39, 0.29) is 17.1 Å². The topological polar surface area (TPSA) is 26.6 Å². The average Bonchev–Trinajstić information content (AvgIpc) is 3.85. The first-order valence-electron chi connectivity index (χ1n) is 24.9. The van der Waals surface area contributed by atoms with Gasteiger partial charge >= 0.3 is 0 Å². The molecule has 0 amide bonds. The van der Waals surface area contributed by atoms with E-state index >= 15 is 0 Å². The van der Waals surface area contributed by atoms with Crippen LogP contribution in [0.3, 0.4) is 0 Å². The van der Waals surface area contributed by atoms with Gasteiger partial charge in [0.2, 0.25) is 0 Å². The van der Waals surface area contributed by atoms with E-state index in [2.05, 4.69) is 249 Å². The van der Waals surface area contributed by atoms with Gasteiger partial charge in [-0.3, -0.25) is 0 Å². The summed E-state index contributed by atoms with van der Waals surface area (Å²) in [5, 5.41) is 2.50. The van der Waals surface area contributed by atoms with Gasteiger partial charge in [-0.2, -0.15) is 0 Å². The Bertz CT molecular complexity index is 3480. The molecule has 0 radical (unpaired) electrons. The molecule has 4 heteroatoms. The summed E-state index contributed by atoms with van der Waals surface area (Å²) in [6.07, 6.45) is 2.88. The first-order chi connectivity index (χ1) is 34.2. The Balaban J connectivity index is 0.805. The standard InChI is InChI=1S/C66H58N2O2/c1-65(2)43-69-64(70-44-65)50-25-21-45(22-26-50)13-12-14-46-23-32-54(33-24-46)68-62-20-11-9-18-58(62)59-41-51(31-40-63(59)68)49-29-36-53(37-30-49)67(52-34-27-48(28-35-52)47-15-6-5-7-16-47)55-38-39-57-56-17-8-10-19-60(56)66(3,4)61(57)42-55/h5-11,15-42,64H,12-14,43-44H2,1-4H3. The Hall–Kier alpha value is -7.50. The van der Waals surface area contributed by atoms with Crippen LogP contribution in [-0.2, 0) is 27.7 Å². The Morgan fingerprint density at radius 1 is 0.457 bits per heavy atom. The van der Waals surface area contributed by atoms with Crippen LogP contribution in [0.2, 0.25) is 0 Å². The van der Waals surface area contributed by atoms with Crippen LogP contribution in [0.15, 0.2) is 212 Å². The number of hydrogen-bond donors (Lipinski definition) is 0. The molecule has 1 saturated heterocycles. The van der Waals surface area contributed by atoms with Crippen LogP contribution in [-0.4, -0.2) is 17.8 Å². The maximum Gasteiger partial charge on any atom is 0.183 e. The van der Waals surface area contributed by atoms with Gasteiger partial charge in [0.05, 0.1) is 24.2 Å². The largest absolute Gasteiger partial charge is 0.348 e. The van der Waals surface area contributed by atoms with E-state index in [1.165, 1.54) is 83.1 Å². The van der Waals surface area contributed by atoms with Crippen LogP contribution in [0, 0.1) is 5.41 Å².